The third kappa shape index (κ3) is 2.64. The molecule has 4 atom stereocenters. The molecule has 4 unspecified atom stereocenters. The lowest BCUT2D eigenvalue weighted by molar-refractivity contribution is 0.229. The Hall–Kier alpha value is -0.590. The predicted molar refractivity (Wildman–Crippen MR) is 69.3 cm³/mol. The van der Waals surface area contributed by atoms with Crippen LogP contribution in [0.1, 0.15) is 46.0 Å². The van der Waals surface area contributed by atoms with Gasteiger partial charge in [0.1, 0.15) is 5.54 Å². The van der Waals surface area contributed by atoms with E-state index in [0.717, 1.165) is 38.1 Å². The number of nitriles is 1. The topological polar surface area (TPSA) is 53.0 Å². The molecule has 1 heterocycles. The number of likely N-dealkylation sites (tertiary alicyclic amines) is 1. The Morgan fingerprint density at radius 2 is 2.24 bits per heavy atom. The zero-order valence-corrected chi connectivity index (χ0v) is 11.2. The molecule has 0 aromatic rings. The van der Waals surface area contributed by atoms with Crippen molar-refractivity contribution >= 4 is 0 Å². The van der Waals surface area contributed by atoms with Gasteiger partial charge in [0.25, 0.3) is 0 Å². The van der Waals surface area contributed by atoms with Gasteiger partial charge in [0, 0.05) is 12.6 Å². The number of nitrogens with zero attached hydrogens (tertiary/aromatic N) is 2. The van der Waals surface area contributed by atoms with Crippen LogP contribution in [-0.4, -0.2) is 29.6 Å². The average molecular weight is 235 g/mol. The van der Waals surface area contributed by atoms with Gasteiger partial charge in [-0.3, -0.25) is 0 Å². The van der Waals surface area contributed by atoms with Gasteiger partial charge in [-0.15, -0.1) is 0 Å². The van der Waals surface area contributed by atoms with Crippen LogP contribution in [0.25, 0.3) is 0 Å². The predicted octanol–water partition coefficient (Wildman–Crippen LogP) is 2.13. The fourth-order valence-electron chi connectivity index (χ4n) is 3.67. The molecule has 1 saturated heterocycles. The number of nitrogens with two attached hydrogens (primary N) is 1. The molecule has 2 rings (SSSR count). The maximum atomic E-state index is 9.19. The minimum Gasteiger partial charge on any atom is -0.313 e. The molecular weight excluding hydrogens is 210 g/mol. The van der Waals surface area contributed by atoms with Gasteiger partial charge in [-0.1, -0.05) is 13.3 Å². The first-order chi connectivity index (χ1) is 8.05. The number of hydrogen-bond acceptors (Lipinski definition) is 3. The normalized spacial score (nSPS) is 42.8. The van der Waals surface area contributed by atoms with Crippen molar-refractivity contribution in [2.75, 3.05) is 13.1 Å². The summed E-state index contributed by atoms with van der Waals surface area (Å²) < 4.78 is 0. The molecule has 0 aromatic carbocycles. The van der Waals surface area contributed by atoms with E-state index < -0.39 is 5.54 Å². The van der Waals surface area contributed by atoms with Crippen molar-refractivity contribution in [1.82, 2.24) is 4.90 Å². The van der Waals surface area contributed by atoms with Crippen molar-refractivity contribution < 1.29 is 0 Å². The Balaban J connectivity index is 1.85. The molecule has 2 aliphatic rings. The van der Waals surface area contributed by atoms with Crippen molar-refractivity contribution in [2.24, 2.45) is 17.6 Å². The molecule has 0 aromatic heterocycles. The van der Waals surface area contributed by atoms with E-state index >= 15 is 0 Å². The minimum absolute atomic E-state index is 0.413. The SMILES string of the molecule is CC1CC(C)N(CCC2CCCC2(N)C#N)C1. The van der Waals surface area contributed by atoms with Crippen LogP contribution < -0.4 is 5.73 Å². The average Bonchev–Trinajstić information content (AvgIpc) is 2.80. The van der Waals surface area contributed by atoms with Gasteiger partial charge in [0.15, 0.2) is 0 Å². The first-order valence-electron chi connectivity index (χ1n) is 6.99. The quantitative estimate of drug-likeness (QED) is 0.815. The molecule has 1 aliphatic carbocycles. The lowest BCUT2D eigenvalue weighted by Gasteiger charge is -2.27. The Kier molecular flexibility index (Phi) is 3.75. The van der Waals surface area contributed by atoms with E-state index in [1.807, 2.05) is 0 Å². The summed E-state index contributed by atoms with van der Waals surface area (Å²) in [6, 6.07) is 3.05. The molecule has 1 saturated carbocycles. The van der Waals surface area contributed by atoms with E-state index in [-0.39, 0.29) is 0 Å². The van der Waals surface area contributed by atoms with Crippen LogP contribution in [-0.2, 0) is 0 Å². The first kappa shape index (κ1) is 12.9. The molecule has 0 bridgehead atoms. The second-order valence-electron chi connectivity index (χ2n) is 6.21. The smallest absolute Gasteiger partial charge is 0.107 e. The van der Waals surface area contributed by atoms with Gasteiger partial charge in [0.05, 0.1) is 6.07 Å². The summed E-state index contributed by atoms with van der Waals surface area (Å²) in [5, 5.41) is 9.19. The summed E-state index contributed by atoms with van der Waals surface area (Å²) in [7, 11) is 0. The van der Waals surface area contributed by atoms with Crippen molar-refractivity contribution in [1.29, 1.82) is 5.26 Å². The fourth-order valence-corrected chi connectivity index (χ4v) is 3.67. The molecule has 17 heavy (non-hydrogen) atoms. The third-order valence-corrected chi connectivity index (χ3v) is 4.76. The highest BCUT2D eigenvalue weighted by Crippen LogP contribution is 2.36. The van der Waals surface area contributed by atoms with Gasteiger partial charge in [-0.2, -0.15) is 5.26 Å². The fraction of sp³-hybridized carbons (Fsp3) is 0.929. The summed E-state index contributed by atoms with van der Waals surface area (Å²) in [6.45, 7) is 6.99. The van der Waals surface area contributed by atoms with Gasteiger partial charge >= 0.3 is 0 Å². The van der Waals surface area contributed by atoms with Crippen molar-refractivity contribution in [3.05, 3.63) is 0 Å². The lowest BCUT2D eigenvalue weighted by atomic mass is 9.87. The van der Waals surface area contributed by atoms with Crippen LogP contribution in [0, 0.1) is 23.2 Å². The van der Waals surface area contributed by atoms with Crippen LogP contribution in [0.4, 0.5) is 0 Å². The zero-order chi connectivity index (χ0) is 12.5. The highest BCUT2D eigenvalue weighted by atomic mass is 15.2. The third-order valence-electron chi connectivity index (χ3n) is 4.76. The van der Waals surface area contributed by atoms with E-state index in [4.69, 9.17) is 5.73 Å². The van der Waals surface area contributed by atoms with Crippen LogP contribution in [0.15, 0.2) is 0 Å². The molecule has 0 amide bonds. The highest BCUT2D eigenvalue weighted by Gasteiger charge is 2.40. The first-order valence-corrected chi connectivity index (χ1v) is 6.99. The van der Waals surface area contributed by atoms with E-state index in [9.17, 15) is 5.26 Å². The molecule has 0 spiro atoms. The van der Waals surface area contributed by atoms with E-state index in [2.05, 4.69) is 24.8 Å². The Labute approximate surface area is 105 Å². The maximum absolute atomic E-state index is 9.19. The summed E-state index contributed by atoms with van der Waals surface area (Å²) >= 11 is 0. The summed E-state index contributed by atoms with van der Waals surface area (Å²) in [4.78, 5) is 2.57. The maximum Gasteiger partial charge on any atom is 0.107 e. The molecule has 96 valence electrons. The van der Waals surface area contributed by atoms with E-state index in [1.165, 1.54) is 13.0 Å². The van der Waals surface area contributed by atoms with Crippen molar-refractivity contribution in [3.63, 3.8) is 0 Å². The lowest BCUT2D eigenvalue weighted by Crippen LogP contribution is -2.43. The highest BCUT2D eigenvalue weighted by molar-refractivity contribution is 5.12. The monoisotopic (exact) mass is 235 g/mol. The van der Waals surface area contributed by atoms with Gasteiger partial charge in [-0.25, -0.2) is 0 Å². The van der Waals surface area contributed by atoms with Crippen LogP contribution in [0.2, 0.25) is 0 Å². The van der Waals surface area contributed by atoms with E-state index in [1.54, 1.807) is 0 Å². The molecule has 0 radical (unpaired) electrons. The summed E-state index contributed by atoms with van der Waals surface area (Å²) in [5.41, 5.74) is 5.64. The molecule has 2 fully saturated rings. The minimum atomic E-state index is -0.533. The Morgan fingerprint density at radius 3 is 2.82 bits per heavy atom. The standard InChI is InChI=1S/C14H25N3/c1-11-8-12(2)17(9-11)7-5-13-4-3-6-14(13,16)10-15/h11-13H,3-9,16H2,1-2H3. The largest absolute Gasteiger partial charge is 0.313 e. The van der Waals surface area contributed by atoms with Gasteiger partial charge < -0.3 is 10.6 Å². The molecular formula is C14H25N3. The Bertz CT molecular complexity index is 309. The molecule has 3 nitrogen and oxygen atoms in total. The second-order valence-corrected chi connectivity index (χ2v) is 6.21. The second kappa shape index (κ2) is 4.96. The molecule has 2 N–H and O–H groups in total. The van der Waals surface area contributed by atoms with Gasteiger partial charge in [-0.05, 0) is 51.0 Å². The summed E-state index contributed by atoms with van der Waals surface area (Å²) in [5.74, 6) is 1.24. The van der Waals surface area contributed by atoms with E-state index in [0.29, 0.717) is 12.0 Å². The van der Waals surface area contributed by atoms with Crippen molar-refractivity contribution in [2.45, 2.75) is 57.5 Å². The Morgan fingerprint density at radius 1 is 1.47 bits per heavy atom. The van der Waals surface area contributed by atoms with Crippen LogP contribution in [0.3, 0.4) is 0 Å². The summed E-state index contributed by atoms with van der Waals surface area (Å²) in [6.07, 6.45) is 5.57. The number of rotatable bonds is 3. The molecule has 1 aliphatic heterocycles. The van der Waals surface area contributed by atoms with Crippen molar-refractivity contribution in [3.8, 4) is 6.07 Å². The zero-order valence-electron chi connectivity index (χ0n) is 11.2. The molecule has 3 heteroatoms. The van der Waals surface area contributed by atoms with Crippen LogP contribution in [0.5, 0.6) is 0 Å². The van der Waals surface area contributed by atoms with Gasteiger partial charge in [0.2, 0.25) is 0 Å². The number of hydrogen-bond donors (Lipinski definition) is 1. The van der Waals surface area contributed by atoms with Crippen LogP contribution >= 0.6 is 0 Å².